The number of carbonyl (C=O) groups is 1. The molecule has 0 aromatic heterocycles. The summed E-state index contributed by atoms with van der Waals surface area (Å²) >= 11 is 0. The fourth-order valence-electron chi connectivity index (χ4n) is 6.13. The number of esters is 1. The molecule has 8 nitrogen and oxygen atoms in total. The predicted octanol–water partition coefficient (Wildman–Crippen LogP) is 12.9. The molecule has 0 bridgehead atoms. The van der Waals surface area contributed by atoms with Gasteiger partial charge < -0.3 is 27.9 Å². The second kappa shape index (κ2) is 40.2. The minimum Gasteiger partial charge on any atom is -0.756 e. The summed E-state index contributed by atoms with van der Waals surface area (Å²) in [5.41, 5.74) is 0. The van der Waals surface area contributed by atoms with E-state index < -0.39 is 13.9 Å². The summed E-state index contributed by atoms with van der Waals surface area (Å²) in [4.78, 5) is 25.1. The molecule has 0 rings (SSSR count). The van der Waals surface area contributed by atoms with Gasteiger partial charge >= 0.3 is 5.97 Å². The van der Waals surface area contributed by atoms with Crippen molar-refractivity contribution in [2.45, 2.75) is 193 Å². The van der Waals surface area contributed by atoms with Gasteiger partial charge in [0.2, 0.25) is 0 Å². The number of rotatable bonds is 42. The second-order valence-electron chi connectivity index (χ2n) is 16.4. The van der Waals surface area contributed by atoms with E-state index in [2.05, 4.69) is 62.5 Å². The molecule has 2 unspecified atom stereocenters. The quantitative estimate of drug-likeness (QED) is 0.0199. The van der Waals surface area contributed by atoms with Crippen molar-refractivity contribution in [2.75, 3.05) is 54.1 Å². The molecule has 0 aliphatic rings. The molecule has 0 N–H and O–H groups in total. The molecular formula is C47H88NO7P. The van der Waals surface area contributed by atoms with Crippen LogP contribution in [0.3, 0.4) is 0 Å². The molecule has 0 amide bonds. The van der Waals surface area contributed by atoms with Crippen LogP contribution in [0.2, 0.25) is 0 Å². The standard InChI is InChI=1S/C47H88NO7P/c1-6-8-10-12-14-16-18-20-22-24-25-26-28-30-32-34-36-38-40-47(49)55-46(45-54-56(50,51)53-43-41-48(3,4)5)44-52-42-39-37-35-33-31-29-27-23-21-19-17-15-13-11-9-7-2/h9,11,15,17,21,23,29,31,46H,6-8,10,12-14,16,18-20,22,24-28,30,32-45H2,1-5H3/b11-9-,17-15-,23-21-,31-29-. The zero-order valence-corrected chi connectivity index (χ0v) is 38.0. The lowest BCUT2D eigenvalue weighted by atomic mass is 10.0. The number of quaternary nitrogens is 1. The van der Waals surface area contributed by atoms with E-state index in [1.54, 1.807) is 0 Å². The zero-order valence-electron chi connectivity index (χ0n) is 37.1. The minimum absolute atomic E-state index is 0.0193. The number of phosphoric ester groups is 1. The van der Waals surface area contributed by atoms with E-state index in [9.17, 15) is 14.3 Å². The molecule has 0 aromatic carbocycles. The highest BCUT2D eigenvalue weighted by Crippen LogP contribution is 2.38. The van der Waals surface area contributed by atoms with Gasteiger partial charge in [-0.25, -0.2) is 0 Å². The Hall–Kier alpha value is -1.54. The Bertz CT molecular complexity index is 1040. The SMILES string of the molecule is CC/C=C\C/C=C\C/C=C\C/C=C\CCCCCOCC(COP(=O)([O-])OCC[N+](C)(C)C)OC(=O)CCCCCCCCCCCCCCCCCCCC. The van der Waals surface area contributed by atoms with Crippen molar-refractivity contribution < 1.29 is 37.3 Å². The van der Waals surface area contributed by atoms with E-state index in [1.807, 2.05) is 21.1 Å². The summed E-state index contributed by atoms with van der Waals surface area (Å²) in [7, 11) is 1.33. The molecular weight excluding hydrogens is 721 g/mol. The fourth-order valence-corrected chi connectivity index (χ4v) is 6.85. The Kier molecular flexibility index (Phi) is 39.1. The summed E-state index contributed by atoms with van der Waals surface area (Å²) in [6.45, 7) is 5.23. The summed E-state index contributed by atoms with van der Waals surface area (Å²) in [5, 5.41) is 0. The smallest absolute Gasteiger partial charge is 0.306 e. The van der Waals surface area contributed by atoms with Gasteiger partial charge in [0, 0.05) is 13.0 Å². The van der Waals surface area contributed by atoms with Crippen molar-refractivity contribution in [1.29, 1.82) is 0 Å². The van der Waals surface area contributed by atoms with Gasteiger partial charge in [0.25, 0.3) is 7.82 Å². The number of hydrogen-bond acceptors (Lipinski definition) is 7. The van der Waals surface area contributed by atoms with Crippen molar-refractivity contribution in [2.24, 2.45) is 0 Å². The number of carbonyl (C=O) groups excluding carboxylic acids is 1. The number of unbranched alkanes of at least 4 members (excludes halogenated alkanes) is 20. The summed E-state index contributed by atoms with van der Waals surface area (Å²) < 4.78 is 34.6. The summed E-state index contributed by atoms with van der Waals surface area (Å²) in [6.07, 6.45) is 48.4. The van der Waals surface area contributed by atoms with Gasteiger partial charge in [-0.3, -0.25) is 9.36 Å². The minimum atomic E-state index is -4.53. The van der Waals surface area contributed by atoms with Crippen molar-refractivity contribution in [1.82, 2.24) is 0 Å². The largest absolute Gasteiger partial charge is 0.756 e. The maximum atomic E-state index is 12.7. The number of likely N-dealkylation sites (N-methyl/N-ethyl adjacent to an activating group) is 1. The van der Waals surface area contributed by atoms with Gasteiger partial charge in [0.15, 0.2) is 0 Å². The van der Waals surface area contributed by atoms with Gasteiger partial charge in [-0.2, -0.15) is 0 Å². The number of nitrogens with zero attached hydrogens (tertiary/aromatic N) is 1. The van der Waals surface area contributed by atoms with Crippen molar-refractivity contribution in [3.05, 3.63) is 48.6 Å². The first-order valence-corrected chi connectivity index (χ1v) is 24.3. The molecule has 0 aliphatic carbocycles. The predicted molar refractivity (Wildman–Crippen MR) is 236 cm³/mol. The average molecular weight is 810 g/mol. The molecule has 0 aliphatic heterocycles. The number of phosphoric acid groups is 1. The van der Waals surface area contributed by atoms with Gasteiger partial charge in [0.05, 0.1) is 34.4 Å². The van der Waals surface area contributed by atoms with Crippen LogP contribution in [0, 0.1) is 0 Å². The molecule has 2 atom stereocenters. The highest BCUT2D eigenvalue weighted by atomic mass is 31.2. The van der Waals surface area contributed by atoms with Crippen LogP contribution in [0.1, 0.15) is 187 Å². The van der Waals surface area contributed by atoms with Crippen LogP contribution < -0.4 is 4.89 Å². The zero-order chi connectivity index (χ0) is 41.3. The second-order valence-corrected chi connectivity index (χ2v) is 17.8. The Morgan fingerprint density at radius 1 is 0.571 bits per heavy atom. The van der Waals surface area contributed by atoms with Gasteiger partial charge in [-0.05, 0) is 51.4 Å². The van der Waals surface area contributed by atoms with E-state index in [0.717, 1.165) is 70.6 Å². The summed E-state index contributed by atoms with van der Waals surface area (Å²) in [5.74, 6) is -0.344. The maximum Gasteiger partial charge on any atom is 0.306 e. The Morgan fingerprint density at radius 3 is 1.54 bits per heavy atom. The van der Waals surface area contributed by atoms with Crippen LogP contribution in [0.15, 0.2) is 48.6 Å². The Balaban J connectivity index is 4.25. The molecule has 0 aromatic rings. The first kappa shape index (κ1) is 54.5. The maximum absolute atomic E-state index is 12.7. The highest BCUT2D eigenvalue weighted by molar-refractivity contribution is 7.45. The van der Waals surface area contributed by atoms with E-state index in [1.165, 1.54) is 96.3 Å². The van der Waals surface area contributed by atoms with E-state index in [-0.39, 0.29) is 25.8 Å². The van der Waals surface area contributed by atoms with Crippen molar-refractivity contribution in [3.8, 4) is 0 Å². The molecule has 0 saturated heterocycles. The molecule has 0 saturated carbocycles. The monoisotopic (exact) mass is 810 g/mol. The normalized spacial score (nSPS) is 14.2. The lowest BCUT2D eigenvalue weighted by Gasteiger charge is -2.28. The van der Waals surface area contributed by atoms with Crippen LogP contribution in [-0.4, -0.2) is 70.7 Å². The highest BCUT2D eigenvalue weighted by Gasteiger charge is 2.20. The van der Waals surface area contributed by atoms with Crippen LogP contribution in [0.4, 0.5) is 0 Å². The lowest BCUT2D eigenvalue weighted by Crippen LogP contribution is -2.37. The Morgan fingerprint density at radius 2 is 1.04 bits per heavy atom. The Labute approximate surface area is 346 Å². The average Bonchev–Trinajstić information content (AvgIpc) is 3.15. The first-order valence-electron chi connectivity index (χ1n) is 22.9. The van der Waals surface area contributed by atoms with E-state index in [4.69, 9.17) is 18.5 Å². The van der Waals surface area contributed by atoms with Crippen molar-refractivity contribution in [3.63, 3.8) is 0 Å². The summed E-state index contributed by atoms with van der Waals surface area (Å²) in [6, 6.07) is 0. The van der Waals surface area contributed by atoms with E-state index >= 15 is 0 Å². The third-order valence-electron chi connectivity index (χ3n) is 9.64. The molecule has 0 spiro atoms. The lowest BCUT2D eigenvalue weighted by molar-refractivity contribution is -0.870. The van der Waals surface area contributed by atoms with Gasteiger partial charge in [-0.15, -0.1) is 0 Å². The molecule has 328 valence electrons. The number of ether oxygens (including phenoxy) is 2. The molecule has 9 heteroatoms. The first-order chi connectivity index (χ1) is 27.1. The van der Waals surface area contributed by atoms with E-state index in [0.29, 0.717) is 24.1 Å². The van der Waals surface area contributed by atoms with Crippen LogP contribution in [-0.2, 0) is 27.9 Å². The number of hydrogen-bond donors (Lipinski definition) is 0. The topological polar surface area (TPSA) is 94.1 Å². The third kappa shape index (κ3) is 43.6. The molecule has 0 radical (unpaired) electrons. The van der Waals surface area contributed by atoms with Crippen LogP contribution >= 0.6 is 7.82 Å². The number of allylic oxidation sites excluding steroid dienone is 8. The van der Waals surface area contributed by atoms with Gasteiger partial charge in [0.1, 0.15) is 19.3 Å². The van der Waals surface area contributed by atoms with Crippen molar-refractivity contribution >= 4 is 13.8 Å². The molecule has 56 heavy (non-hydrogen) atoms. The molecule has 0 fully saturated rings. The fraction of sp³-hybridized carbons (Fsp3) is 0.809. The van der Waals surface area contributed by atoms with Crippen LogP contribution in [0.25, 0.3) is 0 Å². The third-order valence-corrected chi connectivity index (χ3v) is 10.6. The molecule has 0 heterocycles. The van der Waals surface area contributed by atoms with Gasteiger partial charge in [-0.1, -0.05) is 178 Å². The van der Waals surface area contributed by atoms with Crippen LogP contribution in [0.5, 0.6) is 0 Å².